The molecule has 4 nitrogen and oxygen atoms in total. The van der Waals surface area contributed by atoms with Gasteiger partial charge in [0, 0.05) is 45.1 Å². The minimum Gasteiger partial charge on any atom is -0.383 e. The van der Waals surface area contributed by atoms with Crippen LogP contribution >= 0.6 is 0 Å². The summed E-state index contributed by atoms with van der Waals surface area (Å²) >= 11 is 0. The summed E-state index contributed by atoms with van der Waals surface area (Å²) in [6.07, 6.45) is 4.79. The van der Waals surface area contributed by atoms with Crippen molar-refractivity contribution < 1.29 is 4.74 Å². The van der Waals surface area contributed by atoms with E-state index in [0.29, 0.717) is 6.42 Å². The van der Waals surface area contributed by atoms with Crippen molar-refractivity contribution in [2.45, 2.75) is 32.4 Å². The number of ether oxygens (including phenoxy) is 1. The summed E-state index contributed by atoms with van der Waals surface area (Å²) in [5, 5.41) is 11.8. The molecule has 0 aliphatic heterocycles. The quantitative estimate of drug-likeness (QED) is 0.665. The smallest absolute Gasteiger partial charge is 0.0621 e. The summed E-state index contributed by atoms with van der Waals surface area (Å²) in [6.45, 7) is 3.48. The maximum Gasteiger partial charge on any atom is 0.0621 e. The SMILES string of the molecule is COCCNCc1cccn1CCCCC#N. The van der Waals surface area contributed by atoms with Gasteiger partial charge >= 0.3 is 0 Å². The largest absolute Gasteiger partial charge is 0.383 e. The molecule has 0 atom stereocenters. The van der Waals surface area contributed by atoms with Crippen molar-refractivity contribution in [2.75, 3.05) is 20.3 Å². The second-order valence-corrected chi connectivity index (χ2v) is 3.98. The van der Waals surface area contributed by atoms with Crippen LogP contribution in [0.4, 0.5) is 0 Å². The Hall–Kier alpha value is -1.31. The van der Waals surface area contributed by atoms with E-state index in [-0.39, 0.29) is 0 Å². The molecule has 1 heterocycles. The Bertz CT molecular complexity index is 341. The number of methoxy groups -OCH3 is 1. The van der Waals surface area contributed by atoms with Crippen LogP contribution in [-0.4, -0.2) is 24.8 Å². The van der Waals surface area contributed by atoms with Crippen LogP contribution in [0.3, 0.4) is 0 Å². The van der Waals surface area contributed by atoms with Gasteiger partial charge < -0.3 is 14.6 Å². The summed E-state index contributed by atoms with van der Waals surface area (Å²) in [7, 11) is 1.71. The molecule has 1 N–H and O–H groups in total. The molecule has 0 amide bonds. The summed E-state index contributed by atoms with van der Waals surface area (Å²) in [4.78, 5) is 0. The van der Waals surface area contributed by atoms with Crippen molar-refractivity contribution in [2.24, 2.45) is 0 Å². The fourth-order valence-electron chi connectivity index (χ4n) is 1.70. The van der Waals surface area contributed by atoms with E-state index in [4.69, 9.17) is 10.00 Å². The van der Waals surface area contributed by atoms with Crippen LogP contribution in [0.25, 0.3) is 0 Å². The molecule has 0 radical (unpaired) electrons. The highest BCUT2D eigenvalue weighted by Crippen LogP contribution is 2.05. The Labute approximate surface area is 103 Å². The van der Waals surface area contributed by atoms with Gasteiger partial charge in [-0.2, -0.15) is 5.26 Å². The molecule has 0 spiro atoms. The molecule has 4 heteroatoms. The third-order valence-electron chi connectivity index (χ3n) is 2.65. The lowest BCUT2D eigenvalue weighted by atomic mass is 10.2. The molecule has 0 bridgehead atoms. The number of nitrogens with zero attached hydrogens (tertiary/aromatic N) is 2. The molecule has 0 aliphatic carbocycles. The van der Waals surface area contributed by atoms with Crippen molar-refractivity contribution in [3.05, 3.63) is 24.0 Å². The zero-order valence-electron chi connectivity index (χ0n) is 10.5. The highest BCUT2D eigenvalue weighted by Gasteiger charge is 1.99. The minimum atomic E-state index is 0.655. The van der Waals surface area contributed by atoms with E-state index in [9.17, 15) is 0 Å². The van der Waals surface area contributed by atoms with Gasteiger partial charge in [0.1, 0.15) is 0 Å². The number of rotatable bonds is 9. The average Bonchev–Trinajstić information content (AvgIpc) is 2.78. The normalized spacial score (nSPS) is 10.4. The fourth-order valence-corrected chi connectivity index (χ4v) is 1.70. The zero-order chi connectivity index (χ0) is 12.3. The van der Waals surface area contributed by atoms with Crippen molar-refractivity contribution >= 4 is 0 Å². The Morgan fingerprint density at radius 2 is 2.35 bits per heavy atom. The number of nitrogens with one attached hydrogen (secondary N) is 1. The van der Waals surface area contributed by atoms with Crippen molar-refractivity contribution in [1.82, 2.24) is 9.88 Å². The van der Waals surface area contributed by atoms with Crippen LogP contribution in [0, 0.1) is 11.3 Å². The minimum absolute atomic E-state index is 0.655. The molecule has 1 rings (SSSR count). The third kappa shape index (κ3) is 5.53. The van der Waals surface area contributed by atoms with Crippen molar-refractivity contribution in [3.8, 4) is 6.07 Å². The van der Waals surface area contributed by atoms with E-state index < -0.39 is 0 Å². The van der Waals surface area contributed by atoms with Gasteiger partial charge in [-0.05, 0) is 25.0 Å². The van der Waals surface area contributed by atoms with E-state index in [1.807, 2.05) is 0 Å². The second kappa shape index (κ2) is 8.80. The van der Waals surface area contributed by atoms with Gasteiger partial charge in [0.05, 0.1) is 12.7 Å². The zero-order valence-corrected chi connectivity index (χ0v) is 10.5. The molecule has 17 heavy (non-hydrogen) atoms. The summed E-state index contributed by atoms with van der Waals surface area (Å²) < 4.78 is 7.23. The lowest BCUT2D eigenvalue weighted by molar-refractivity contribution is 0.199. The summed E-state index contributed by atoms with van der Waals surface area (Å²) in [5.74, 6) is 0. The Morgan fingerprint density at radius 3 is 3.12 bits per heavy atom. The lowest BCUT2D eigenvalue weighted by Crippen LogP contribution is -2.20. The maximum absolute atomic E-state index is 8.47. The molecule has 1 aromatic heterocycles. The van der Waals surface area contributed by atoms with E-state index in [1.54, 1.807) is 7.11 Å². The first-order valence-corrected chi connectivity index (χ1v) is 6.09. The average molecular weight is 235 g/mol. The number of hydrogen-bond acceptors (Lipinski definition) is 3. The highest BCUT2D eigenvalue weighted by atomic mass is 16.5. The molecule has 0 saturated heterocycles. The number of hydrogen-bond donors (Lipinski definition) is 1. The fraction of sp³-hybridized carbons (Fsp3) is 0.615. The predicted octanol–water partition coefficient (Wildman–Crippen LogP) is 1.92. The van der Waals surface area contributed by atoms with Crippen LogP contribution in [-0.2, 0) is 17.8 Å². The molecule has 0 unspecified atom stereocenters. The molecule has 0 fully saturated rings. The molecule has 0 aliphatic rings. The third-order valence-corrected chi connectivity index (χ3v) is 2.65. The number of unbranched alkanes of at least 4 members (excludes halogenated alkanes) is 2. The first kappa shape index (κ1) is 13.8. The van der Waals surface area contributed by atoms with Gasteiger partial charge in [0.15, 0.2) is 0 Å². The van der Waals surface area contributed by atoms with E-state index in [2.05, 4.69) is 34.3 Å². The van der Waals surface area contributed by atoms with Gasteiger partial charge in [-0.1, -0.05) is 0 Å². The van der Waals surface area contributed by atoms with E-state index >= 15 is 0 Å². The first-order chi connectivity index (χ1) is 8.38. The van der Waals surface area contributed by atoms with Crippen LogP contribution in [0.15, 0.2) is 18.3 Å². The van der Waals surface area contributed by atoms with Gasteiger partial charge in [-0.25, -0.2) is 0 Å². The van der Waals surface area contributed by atoms with Crippen LogP contribution in [0.1, 0.15) is 25.0 Å². The summed E-state index contributed by atoms with van der Waals surface area (Å²) in [5.41, 5.74) is 1.29. The van der Waals surface area contributed by atoms with E-state index in [0.717, 1.165) is 39.1 Å². The monoisotopic (exact) mass is 235 g/mol. The summed E-state index contributed by atoms with van der Waals surface area (Å²) in [6, 6.07) is 6.37. The van der Waals surface area contributed by atoms with Gasteiger partial charge in [0.2, 0.25) is 0 Å². The Balaban J connectivity index is 2.25. The van der Waals surface area contributed by atoms with Crippen LogP contribution < -0.4 is 5.32 Å². The standard InChI is InChI=1S/C13H21N3O/c1-17-11-8-15-12-13-6-5-10-16(13)9-4-2-3-7-14/h5-6,10,15H,2-4,8-9,11-12H2,1H3. The van der Waals surface area contributed by atoms with Gasteiger partial charge in [-0.15, -0.1) is 0 Å². The molecular weight excluding hydrogens is 214 g/mol. The van der Waals surface area contributed by atoms with Crippen molar-refractivity contribution in [3.63, 3.8) is 0 Å². The number of aromatic nitrogens is 1. The molecule has 94 valence electrons. The van der Waals surface area contributed by atoms with Crippen molar-refractivity contribution in [1.29, 1.82) is 5.26 Å². The lowest BCUT2D eigenvalue weighted by Gasteiger charge is -2.09. The second-order valence-electron chi connectivity index (χ2n) is 3.98. The molecular formula is C13H21N3O. The number of aryl methyl sites for hydroxylation is 1. The van der Waals surface area contributed by atoms with Crippen LogP contribution in [0.5, 0.6) is 0 Å². The van der Waals surface area contributed by atoms with E-state index in [1.165, 1.54) is 5.69 Å². The topological polar surface area (TPSA) is 50.0 Å². The molecule has 1 aromatic rings. The Morgan fingerprint density at radius 1 is 1.47 bits per heavy atom. The first-order valence-electron chi connectivity index (χ1n) is 6.09. The Kier molecular flexibility index (Phi) is 7.12. The van der Waals surface area contributed by atoms with Gasteiger partial charge in [0.25, 0.3) is 0 Å². The molecule has 0 aromatic carbocycles. The number of nitriles is 1. The predicted molar refractivity (Wildman–Crippen MR) is 67.5 cm³/mol. The molecule has 0 saturated carbocycles. The maximum atomic E-state index is 8.47. The van der Waals surface area contributed by atoms with Gasteiger partial charge in [-0.3, -0.25) is 0 Å². The van der Waals surface area contributed by atoms with Crippen LogP contribution in [0.2, 0.25) is 0 Å². The highest BCUT2D eigenvalue weighted by molar-refractivity contribution is 5.06.